The molecule has 2 unspecified atom stereocenters. The summed E-state index contributed by atoms with van der Waals surface area (Å²) in [5.74, 6) is 3.09. The normalized spacial score (nSPS) is 26.8. The van der Waals surface area contributed by atoms with Crippen molar-refractivity contribution in [1.29, 1.82) is 0 Å². The highest BCUT2D eigenvalue weighted by Gasteiger charge is 2.45. The van der Waals surface area contributed by atoms with Gasteiger partial charge in [0.2, 0.25) is 0 Å². The Hall–Kier alpha value is -2.57. The molecular weight excluding hydrogens is 472 g/mol. The van der Waals surface area contributed by atoms with Crippen LogP contribution in [-0.4, -0.2) is 70.8 Å². The van der Waals surface area contributed by atoms with Gasteiger partial charge in [-0.25, -0.2) is 4.98 Å². The van der Waals surface area contributed by atoms with Gasteiger partial charge in [-0.3, -0.25) is 4.90 Å². The number of likely N-dealkylation sites (tertiary alicyclic amines) is 1. The van der Waals surface area contributed by atoms with Crippen LogP contribution in [0.15, 0.2) is 30.3 Å². The fourth-order valence-electron chi connectivity index (χ4n) is 8.02. The topological polar surface area (TPSA) is 42.8 Å². The SMILES string of the molecule is COc1ccc(-c2nc3c(C)cc(C4CC5CCC(C4)N5C4CCN(C5CC5)CC4)cc3n2C)cc1OC. The van der Waals surface area contributed by atoms with Crippen LogP contribution >= 0.6 is 0 Å². The van der Waals surface area contributed by atoms with E-state index < -0.39 is 0 Å². The first kappa shape index (κ1) is 24.5. The highest BCUT2D eigenvalue weighted by atomic mass is 16.5. The van der Waals surface area contributed by atoms with E-state index in [-0.39, 0.29) is 0 Å². The molecular formula is C32H42N4O2. The zero-order valence-electron chi connectivity index (χ0n) is 23.4. The number of aromatic nitrogens is 2. The fourth-order valence-corrected chi connectivity index (χ4v) is 8.02. The second kappa shape index (κ2) is 9.56. The number of fused-ring (bicyclic) bond motifs is 3. The van der Waals surface area contributed by atoms with E-state index in [2.05, 4.69) is 46.5 Å². The van der Waals surface area contributed by atoms with Crippen molar-refractivity contribution < 1.29 is 9.47 Å². The van der Waals surface area contributed by atoms with Crippen LogP contribution in [0.25, 0.3) is 22.4 Å². The second-order valence-corrected chi connectivity index (χ2v) is 12.3. The van der Waals surface area contributed by atoms with Crippen LogP contribution in [-0.2, 0) is 7.05 Å². The summed E-state index contributed by atoms with van der Waals surface area (Å²) in [6, 6.07) is 14.2. The molecule has 4 aliphatic rings. The van der Waals surface area contributed by atoms with E-state index in [1.54, 1.807) is 14.2 Å². The van der Waals surface area contributed by atoms with Crippen molar-refractivity contribution in [2.45, 2.75) is 88.4 Å². The van der Waals surface area contributed by atoms with Gasteiger partial charge in [0.25, 0.3) is 0 Å². The van der Waals surface area contributed by atoms with Crippen molar-refractivity contribution in [3.63, 3.8) is 0 Å². The summed E-state index contributed by atoms with van der Waals surface area (Å²) < 4.78 is 13.3. The lowest BCUT2D eigenvalue weighted by molar-refractivity contribution is 0.0359. The predicted molar refractivity (Wildman–Crippen MR) is 152 cm³/mol. The number of benzene rings is 2. The Kier molecular flexibility index (Phi) is 6.16. The third-order valence-electron chi connectivity index (χ3n) is 10.1. The molecule has 0 amide bonds. The first-order valence-corrected chi connectivity index (χ1v) is 14.7. The molecule has 0 N–H and O–H groups in total. The van der Waals surface area contributed by atoms with Crippen LogP contribution in [0.5, 0.6) is 11.5 Å². The molecule has 1 aromatic heterocycles. The predicted octanol–water partition coefficient (Wildman–Crippen LogP) is 5.90. The van der Waals surface area contributed by atoms with Gasteiger partial charge in [0.15, 0.2) is 11.5 Å². The number of hydrogen-bond acceptors (Lipinski definition) is 5. The summed E-state index contributed by atoms with van der Waals surface area (Å²) in [6.07, 6.45) is 11.0. The van der Waals surface area contributed by atoms with Crippen molar-refractivity contribution in [2.24, 2.45) is 7.05 Å². The van der Waals surface area contributed by atoms with E-state index in [1.807, 2.05) is 12.1 Å². The first-order chi connectivity index (χ1) is 18.5. The number of imidazole rings is 1. The Morgan fingerprint density at radius 3 is 2.13 bits per heavy atom. The van der Waals surface area contributed by atoms with Gasteiger partial charge in [-0.15, -0.1) is 0 Å². The maximum atomic E-state index is 5.56. The Bertz CT molecular complexity index is 1320. The van der Waals surface area contributed by atoms with Crippen LogP contribution in [0.2, 0.25) is 0 Å². The van der Waals surface area contributed by atoms with Crippen molar-refractivity contribution in [3.05, 3.63) is 41.5 Å². The molecule has 202 valence electrons. The summed E-state index contributed by atoms with van der Waals surface area (Å²) in [7, 11) is 5.50. The summed E-state index contributed by atoms with van der Waals surface area (Å²) in [5.41, 5.74) is 6.16. The maximum absolute atomic E-state index is 5.56. The number of piperidine rings is 2. The third kappa shape index (κ3) is 4.12. The molecule has 38 heavy (non-hydrogen) atoms. The van der Waals surface area contributed by atoms with Crippen molar-refractivity contribution in [2.75, 3.05) is 27.3 Å². The molecule has 3 aromatic rings. The fraction of sp³-hybridized carbons (Fsp3) is 0.594. The van der Waals surface area contributed by atoms with Crippen LogP contribution in [0.4, 0.5) is 0 Å². The van der Waals surface area contributed by atoms with Crippen molar-refractivity contribution in [1.82, 2.24) is 19.4 Å². The largest absolute Gasteiger partial charge is 0.493 e. The Labute approximate surface area is 226 Å². The smallest absolute Gasteiger partial charge is 0.161 e. The van der Waals surface area contributed by atoms with Gasteiger partial charge in [0.1, 0.15) is 5.82 Å². The summed E-state index contributed by atoms with van der Waals surface area (Å²) in [5, 5.41) is 0. The van der Waals surface area contributed by atoms with Crippen LogP contribution in [0, 0.1) is 6.92 Å². The second-order valence-electron chi connectivity index (χ2n) is 12.3. The molecule has 3 aliphatic heterocycles. The highest BCUT2D eigenvalue weighted by molar-refractivity contribution is 5.84. The minimum absolute atomic E-state index is 0.651. The van der Waals surface area contributed by atoms with E-state index in [1.165, 1.54) is 81.1 Å². The minimum Gasteiger partial charge on any atom is -0.493 e. The summed E-state index contributed by atoms with van der Waals surface area (Å²) in [4.78, 5) is 10.9. The average molecular weight is 515 g/mol. The molecule has 1 aliphatic carbocycles. The number of methoxy groups -OCH3 is 2. The van der Waals surface area contributed by atoms with Gasteiger partial charge in [0.05, 0.1) is 25.3 Å². The molecule has 7 rings (SSSR count). The lowest BCUT2D eigenvalue weighted by atomic mass is 9.82. The average Bonchev–Trinajstić information content (AvgIpc) is 3.69. The van der Waals surface area contributed by atoms with Crippen LogP contribution in [0.1, 0.15) is 68.4 Å². The number of nitrogens with zero attached hydrogens (tertiary/aromatic N) is 4. The Morgan fingerprint density at radius 1 is 0.789 bits per heavy atom. The van der Waals surface area contributed by atoms with E-state index in [9.17, 15) is 0 Å². The maximum Gasteiger partial charge on any atom is 0.161 e. The van der Waals surface area contributed by atoms with Gasteiger partial charge in [-0.1, -0.05) is 6.07 Å². The number of rotatable bonds is 6. The van der Waals surface area contributed by atoms with E-state index in [0.29, 0.717) is 5.92 Å². The molecule has 3 saturated heterocycles. The molecule has 0 radical (unpaired) electrons. The number of aryl methyl sites for hydroxylation is 2. The molecule has 2 bridgehead atoms. The van der Waals surface area contributed by atoms with E-state index in [4.69, 9.17) is 14.5 Å². The summed E-state index contributed by atoms with van der Waals surface area (Å²) >= 11 is 0. The zero-order valence-corrected chi connectivity index (χ0v) is 23.4. The quantitative estimate of drug-likeness (QED) is 0.410. The monoisotopic (exact) mass is 514 g/mol. The molecule has 2 atom stereocenters. The molecule has 4 heterocycles. The van der Waals surface area contributed by atoms with Gasteiger partial charge in [-0.2, -0.15) is 0 Å². The van der Waals surface area contributed by atoms with Gasteiger partial charge in [-0.05, 0) is 113 Å². The Morgan fingerprint density at radius 2 is 1.47 bits per heavy atom. The lowest BCUT2D eigenvalue weighted by Crippen LogP contribution is -2.52. The molecule has 4 fully saturated rings. The lowest BCUT2D eigenvalue weighted by Gasteiger charge is -2.46. The van der Waals surface area contributed by atoms with Gasteiger partial charge < -0.3 is 18.9 Å². The molecule has 2 aromatic carbocycles. The molecule has 6 nitrogen and oxygen atoms in total. The molecule has 1 saturated carbocycles. The standard InChI is InChI=1S/C32H42N4O2/c1-20-15-22(18-28-31(20)33-32(34(28)2)21-5-10-29(37-3)30(19-21)38-4)23-16-26-8-9-27(17-23)36(26)25-11-13-35(14-12-25)24-6-7-24/h5,10,15,18-19,23-27H,6-9,11-14,16-17H2,1-4H3. The Balaban J connectivity index is 1.13. The van der Waals surface area contributed by atoms with E-state index >= 15 is 0 Å². The zero-order chi connectivity index (χ0) is 26.0. The van der Waals surface area contributed by atoms with Crippen LogP contribution in [0.3, 0.4) is 0 Å². The van der Waals surface area contributed by atoms with E-state index in [0.717, 1.165) is 52.6 Å². The minimum atomic E-state index is 0.651. The summed E-state index contributed by atoms with van der Waals surface area (Å²) in [6.45, 7) is 4.88. The van der Waals surface area contributed by atoms with Gasteiger partial charge in [0, 0.05) is 36.8 Å². The van der Waals surface area contributed by atoms with Gasteiger partial charge >= 0.3 is 0 Å². The number of ether oxygens (including phenoxy) is 2. The van der Waals surface area contributed by atoms with Crippen molar-refractivity contribution >= 4 is 11.0 Å². The van der Waals surface area contributed by atoms with Crippen molar-refractivity contribution in [3.8, 4) is 22.9 Å². The third-order valence-corrected chi connectivity index (χ3v) is 10.1. The van der Waals surface area contributed by atoms with Crippen LogP contribution < -0.4 is 9.47 Å². The molecule has 6 heteroatoms. The molecule has 0 spiro atoms. The highest BCUT2D eigenvalue weighted by Crippen LogP contribution is 2.46. The number of hydrogen-bond donors (Lipinski definition) is 0. The first-order valence-electron chi connectivity index (χ1n) is 14.7.